The van der Waals surface area contributed by atoms with E-state index < -0.39 is 0 Å². The lowest BCUT2D eigenvalue weighted by Gasteiger charge is -2.11. The van der Waals surface area contributed by atoms with Crippen molar-refractivity contribution in [2.75, 3.05) is 19.0 Å². The van der Waals surface area contributed by atoms with Gasteiger partial charge in [-0.3, -0.25) is 0 Å². The Hall–Kier alpha value is -1.14. The molecule has 0 spiro atoms. The maximum Gasteiger partial charge on any atom is 0.141 e. The van der Waals surface area contributed by atoms with Gasteiger partial charge in [0.2, 0.25) is 0 Å². The Kier molecular flexibility index (Phi) is 5.81. The van der Waals surface area contributed by atoms with Crippen LogP contribution in [0.25, 0.3) is 0 Å². The number of terminal acetylenes is 1. The van der Waals surface area contributed by atoms with Gasteiger partial charge in [0.05, 0.1) is 12.8 Å². The molecule has 0 heterocycles. The van der Waals surface area contributed by atoms with E-state index >= 15 is 0 Å². The molecule has 0 radical (unpaired) electrons. The third-order valence-electron chi connectivity index (χ3n) is 2.23. The summed E-state index contributed by atoms with van der Waals surface area (Å²) in [7, 11) is 1.68. The molecular formula is C13H16BrNO. The van der Waals surface area contributed by atoms with Crippen LogP contribution in [0.5, 0.6) is 5.75 Å². The van der Waals surface area contributed by atoms with Gasteiger partial charge in [-0.05, 0) is 24.1 Å². The molecule has 2 nitrogen and oxygen atoms in total. The molecule has 16 heavy (non-hydrogen) atoms. The van der Waals surface area contributed by atoms with Gasteiger partial charge in [0.25, 0.3) is 0 Å². The number of nitrogens with one attached hydrogen (secondary N) is 1. The van der Waals surface area contributed by atoms with Crippen LogP contribution in [0.4, 0.5) is 5.69 Å². The fourth-order valence-corrected chi connectivity index (χ4v) is 1.74. The van der Waals surface area contributed by atoms with Gasteiger partial charge >= 0.3 is 0 Å². The second-order valence-corrected chi connectivity index (χ2v) is 3.96. The Morgan fingerprint density at radius 2 is 2.31 bits per heavy atom. The highest BCUT2D eigenvalue weighted by atomic mass is 79.9. The summed E-state index contributed by atoms with van der Waals surface area (Å²) in [5.41, 5.74) is 2.25. The highest BCUT2D eigenvalue weighted by Crippen LogP contribution is 2.26. The van der Waals surface area contributed by atoms with Crippen LogP contribution >= 0.6 is 15.9 Å². The van der Waals surface area contributed by atoms with Crippen LogP contribution in [0.15, 0.2) is 18.2 Å². The molecule has 0 aliphatic carbocycles. The lowest BCUT2D eigenvalue weighted by Crippen LogP contribution is -2.03. The number of alkyl halides is 1. The molecule has 1 aromatic rings. The van der Waals surface area contributed by atoms with Crippen LogP contribution in [0, 0.1) is 12.3 Å². The quantitative estimate of drug-likeness (QED) is 0.490. The fourth-order valence-electron chi connectivity index (χ4n) is 1.39. The number of hydrogen-bond acceptors (Lipinski definition) is 2. The van der Waals surface area contributed by atoms with E-state index in [2.05, 4.69) is 33.2 Å². The molecular weight excluding hydrogens is 266 g/mol. The number of ether oxygens (including phenoxy) is 1. The molecule has 0 bridgehead atoms. The third-order valence-corrected chi connectivity index (χ3v) is 2.88. The van der Waals surface area contributed by atoms with Crippen molar-refractivity contribution in [2.45, 2.75) is 18.2 Å². The molecule has 0 atom stereocenters. The number of rotatable bonds is 6. The molecule has 0 aliphatic rings. The van der Waals surface area contributed by atoms with E-state index in [-0.39, 0.29) is 0 Å². The van der Waals surface area contributed by atoms with Crippen molar-refractivity contribution in [1.29, 1.82) is 0 Å². The topological polar surface area (TPSA) is 21.3 Å². The predicted octanol–water partition coefficient (Wildman–Crippen LogP) is 3.42. The number of anilines is 1. The lowest BCUT2D eigenvalue weighted by atomic mass is 10.2. The van der Waals surface area contributed by atoms with Crippen LogP contribution in [0.1, 0.15) is 18.4 Å². The SMILES string of the molecule is C#CCCCNc1cc(CBr)ccc1OC. The maximum atomic E-state index is 5.28. The standard InChI is InChI=1S/C13H16BrNO/c1-3-4-5-8-15-12-9-11(10-14)6-7-13(12)16-2/h1,6-7,9,15H,4-5,8,10H2,2H3. The van der Waals surface area contributed by atoms with E-state index in [1.165, 1.54) is 5.56 Å². The van der Waals surface area contributed by atoms with Gasteiger partial charge in [-0.25, -0.2) is 0 Å². The van der Waals surface area contributed by atoms with E-state index in [1.807, 2.05) is 12.1 Å². The second kappa shape index (κ2) is 7.19. The van der Waals surface area contributed by atoms with Gasteiger partial charge in [-0.15, -0.1) is 12.3 Å². The molecule has 1 N–H and O–H groups in total. The number of methoxy groups -OCH3 is 1. The number of unbranched alkanes of at least 4 members (excludes halogenated alkanes) is 1. The molecule has 0 fully saturated rings. The first-order valence-corrected chi connectivity index (χ1v) is 6.34. The number of halogens is 1. The zero-order valence-electron chi connectivity index (χ0n) is 9.42. The van der Waals surface area contributed by atoms with Crippen molar-refractivity contribution in [3.63, 3.8) is 0 Å². The first-order chi connectivity index (χ1) is 7.81. The van der Waals surface area contributed by atoms with E-state index in [0.29, 0.717) is 0 Å². The van der Waals surface area contributed by atoms with Crippen LogP contribution in [-0.2, 0) is 5.33 Å². The van der Waals surface area contributed by atoms with Gasteiger partial charge < -0.3 is 10.1 Å². The average molecular weight is 282 g/mol. The Morgan fingerprint density at radius 3 is 2.94 bits per heavy atom. The Labute approximate surface area is 106 Å². The first-order valence-electron chi connectivity index (χ1n) is 5.22. The van der Waals surface area contributed by atoms with Crippen LogP contribution in [0.3, 0.4) is 0 Å². The minimum Gasteiger partial charge on any atom is -0.495 e. The van der Waals surface area contributed by atoms with Gasteiger partial charge in [-0.1, -0.05) is 22.0 Å². The monoisotopic (exact) mass is 281 g/mol. The summed E-state index contributed by atoms with van der Waals surface area (Å²) in [6, 6.07) is 6.10. The van der Waals surface area contributed by atoms with Crippen molar-refractivity contribution in [3.05, 3.63) is 23.8 Å². The van der Waals surface area contributed by atoms with Crippen LogP contribution in [0.2, 0.25) is 0 Å². The van der Waals surface area contributed by atoms with Gasteiger partial charge in [0.15, 0.2) is 0 Å². The Bertz CT molecular complexity index is 371. The summed E-state index contributed by atoms with van der Waals surface area (Å²) >= 11 is 3.44. The van der Waals surface area contributed by atoms with Crippen molar-refractivity contribution in [2.24, 2.45) is 0 Å². The molecule has 0 saturated carbocycles. The third kappa shape index (κ3) is 3.79. The second-order valence-electron chi connectivity index (χ2n) is 3.40. The van der Waals surface area contributed by atoms with Crippen molar-refractivity contribution >= 4 is 21.6 Å². The summed E-state index contributed by atoms with van der Waals surface area (Å²) in [5, 5.41) is 4.18. The first kappa shape index (κ1) is 12.9. The largest absolute Gasteiger partial charge is 0.495 e. The maximum absolute atomic E-state index is 5.28. The highest BCUT2D eigenvalue weighted by Gasteiger charge is 2.02. The highest BCUT2D eigenvalue weighted by molar-refractivity contribution is 9.08. The summed E-state index contributed by atoms with van der Waals surface area (Å²) in [5.74, 6) is 3.49. The molecule has 1 aromatic carbocycles. The van der Waals surface area contributed by atoms with Crippen molar-refractivity contribution in [3.8, 4) is 18.1 Å². The Balaban J connectivity index is 2.64. The van der Waals surface area contributed by atoms with E-state index in [9.17, 15) is 0 Å². The molecule has 0 aliphatic heterocycles. The summed E-state index contributed by atoms with van der Waals surface area (Å²) in [6.45, 7) is 0.867. The van der Waals surface area contributed by atoms with E-state index in [0.717, 1.165) is 36.2 Å². The van der Waals surface area contributed by atoms with Crippen molar-refractivity contribution < 1.29 is 4.74 Å². The molecule has 3 heteroatoms. The lowest BCUT2D eigenvalue weighted by molar-refractivity contribution is 0.416. The zero-order chi connectivity index (χ0) is 11.8. The average Bonchev–Trinajstić information content (AvgIpc) is 2.34. The summed E-state index contributed by atoms with van der Waals surface area (Å²) in [4.78, 5) is 0. The Morgan fingerprint density at radius 1 is 1.50 bits per heavy atom. The fraction of sp³-hybridized carbons (Fsp3) is 0.385. The van der Waals surface area contributed by atoms with Gasteiger partial charge in [0, 0.05) is 18.3 Å². The van der Waals surface area contributed by atoms with Crippen LogP contribution in [-0.4, -0.2) is 13.7 Å². The molecule has 0 saturated heterocycles. The number of benzene rings is 1. The molecule has 0 aromatic heterocycles. The smallest absolute Gasteiger partial charge is 0.141 e. The molecule has 86 valence electrons. The normalized spacial score (nSPS) is 9.56. The minimum absolute atomic E-state index is 0.799. The minimum atomic E-state index is 0.799. The van der Waals surface area contributed by atoms with Crippen LogP contribution < -0.4 is 10.1 Å². The summed E-state index contributed by atoms with van der Waals surface area (Å²) < 4.78 is 5.28. The number of hydrogen-bond donors (Lipinski definition) is 1. The zero-order valence-corrected chi connectivity index (χ0v) is 11.0. The van der Waals surface area contributed by atoms with Gasteiger partial charge in [0.1, 0.15) is 5.75 Å². The summed E-state index contributed by atoms with van der Waals surface area (Å²) in [6.07, 6.45) is 6.97. The molecule has 0 amide bonds. The van der Waals surface area contributed by atoms with Crippen molar-refractivity contribution in [1.82, 2.24) is 0 Å². The van der Waals surface area contributed by atoms with E-state index in [4.69, 9.17) is 11.2 Å². The van der Waals surface area contributed by atoms with Gasteiger partial charge in [-0.2, -0.15) is 0 Å². The predicted molar refractivity (Wildman–Crippen MR) is 72.2 cm³/mol. The molecule has 0 unspecified atom stereocenters. The van der Waals surface area contributed by atoms with E-state index in [1.54, 1.807) is 7.11 Å². The molecule has 1 rings (SSSR count).